The van der Waals surface area contributed by atoms with Gasteiger partial charge in [-0.1, -0.05) is 11.6 Å². The highest BCUT2D eigenvalue weighted by molar-refractivity contribution is 8.14. The Morgan fingerprint density at radius 1 is 1.59 bits per heavy atom. The number of halogens is 1. The van der Waals surface area contributed by atoms with E-state index in [9.17, 15) is 4.79 Å². The first kappa shape index (κ1) is 15.6. The highest BCUT2D eigenvalue weighted by atomic mass is 35.5. The standard InChI is InChI=1S/C14H16ClN3O3S/c1-2-21-14(19)11-6-12(22-9-7-20-8-9)17-18(11)13-10(15)4-3-5-16-13/h3-5,9,11H,2,6-8H2,1H3. The van der Waals surface area contributed by atoms with Crippen LogP contribution in [0, 0.1) is 0 Å². The summed E-state index contributed by atoms with van der Waals surface area (Å²) in [5.41, 5.74) is 0. The van der Waals surface area contributed by atoms with E-state index < -0.39 is 6.04 Å². The molecular formula is C14H16ClN3O3S. The van der Waals surface area contributed by atoms with Crippen molar-refractivity contribution in [1.29, 1.82) is 0 Å². The minimum atomic E-state index is -0.518. The van der Waals surface area contributed by atoms with Crippen LogP contribution in [0.4, 0.5) is 5.82 Å². The van der Waals surface area contributed by atoms with Crippen LogP contribution in [-0.4, -0.2) is 47.1 Å². The first-order chi connectivity index (χ1) is 10.7. The number of anilines is 1. The highest BCUT2D eigenvalue weighted by Crippen LogP contribution is 2.34. The molecule has 1 aromatic rings. The maximum atomic E-state index is 12.2. The molecule has 1 aromatic heterocycles. The number of thioether (sulfide) groups is 1. The summed E-state index contributed by atoms with van der Waals surface area (Å²) < 4.78 is 10.3. The predicted molar refractivity (Wildman–Crippen MR) is 86.4 cm³/mol. The van der Waals surface area contributed by atoms with E-state index in [1.54, 1.807) is 42.0 Å². The Labute approximate surface area is 137 Å². The van der Waals surface area contributed by atoms with Crippen LogP contribution in [0.25, 0.3) is 0 Å². The number of ether oxygens (including phenoxy) is 2. The van der Waals surface area contributed by atoms with E-state index in [0.717, 1.165) is 18.3 Å². The molecule has 118 valence electrons. The van der Waals surface area contributed by atoms with Gasteiger partial charge in [-0.05, 0) is 19.1 Å². The van der Waals surface area contributed by atoms with Crippen LogP contribution >= 0.6 is 23.4 Å². The summed E-state index contributed by atoms with van der Waals surface area (Å²) >= 11 is 7.83. The first-order valence-electron chi connectivity index (χ1n) is 7.07. The molecule has 0 bridgehead atoms. The average Bonchev–Trinajstić information content (AvgIpc) is 2.88. The van der Waals surface area contributed by atoms with Crippen LogP contribution in [0.15, 0.2) is 23.4 Å². The minimum Gasteiger partial charge on any atom is -0.464 e. The number of esters is 1. The molecule has 0 N–H and O–H groups in total. The minimum absolute atomic E-state index is 0.312. The molecule has 3 heterocycles. The van der Waals surface area contributed by atoms with Crippen molar-refractivity contribution in [3.8, 4) is 0 Å². The van der Waals surface area contributed by atoms with Crippen LogP contribution in [0.3, 0.4) is 0 Å². The summed E-state index contributed by atoms with van der Waals surface area (Å²) in [4.78, 5) is 16.5. The monoisotopic (exact) mass is 341 g/mol. The molecule has 0 spiro atoms. The van der Waals surface area contributed by atoms with Gasteiger partial charge >= 0.3 is 5.97 Å². The van der Waals surface area contributed by atoms with E-state index in [0.29, 0.717) is 29.1 Å². The van der Waals surface area contributed by atoms with Gasteiger partial charge < -0.3 is 9.47 Å². The van der Waals surface area contributed by atoms with Gasteiger partial charge in [0.1, 0.15) is 0 Å². The SMILES string of the molecule is CCOC(=O)C1CC(SC2COC2)=NN1c1ncccc1Cl. The fourth-order valence-electron chi connectivity index (χ4n) is 2.19. The number of rotatable bonds is 4. The molecule has 1 fully saturated rings. The van der Waals surface area contributed by atoms with Crippen molar-refractivity contribution in [3.05, 3.63) is 23.4 Å². The van der Waals surface area contributed by atoms with Crippen LogP contribution in [0.2, 0.25) is 5.02 Å². The van der Waals surface area contributed by atoms with Crippen LogP contribution < -0.4 is 5.01 Å². The van der Waals surface area contributed by atoms with E-state index >= 15 is 0 Å². The maximum Gasteiger partial charge on any atom is 0.331 e. The Morgan fingerprint density at radius 2 is 2.41 bits per heavy atom. The molecule has 2 aliphatic heterocycles. The van der Waals surface area contributed by atoms with Crippen molar-refractivity contribution >= 4 is 40.2 Å². The van der Waals surface area contributed by atoms with E-state index in [1.165, 1.54) is 0 Å². The van der Waals surface area contributed by atoms with E-state index in [1.807, 2.05) is 0 Å². The fraction of sp³-hybridized carbons (Fsp3) is 0.500. The van der Waals surface area contributed by atoms with Crippen molar-refractivity contribution in [3.63, 3.8) is 0 Å². The molecule has 1 atom stereocenters. The number of carbonyl (C=O) groups excluding carboxylic acids is 1. The van der Waals surface area contributed by atoms with Crippen LogP contribution in [0.1, 0.15) is 13.3 Å². The molecule has 2 aliphatic rings. The van der Waals surface area contributed by atoms with Crippen molar-refractivity contribution in [2.45, 2.75) is 24.6 Å². The summed E-state index contributed by atoms with van der Waals surface area (Å²) in [5.74, 6) is 0.163. The second-order valence-corrected chi connectivity index (χ2v) is 6.68. The summed E-state index contributed by atoms with van der Waals surface area (Å²) in [7, 11) is 0. The fourth-order valence-corrected chi connectivity index (χ4v) is 3.50. The molecule has 0 radical (unpaired) electrons. The van der Waals surface area contributed by atoms with Gasteiger partial charge in [0, 0.05) is 12.6 Å². The number of carbonyl (C=O) groups is 1. The zero-order valence-electron chi connectivity index (χ0n) is 12.1. The average molecular weight is 342 g/mol. The van der Waals surface area contributed by atoms with E-state index in [-0.39, 0.29) is 5.97 Å². The zero-order valence-corrected chi connectivity index (χ0v) is 13.6. The summed E-state index contributed by atoms with van der Waals surface area (Å²) in [6, 6.07) is 2.95. The van der Waals surface area contributed by atoms with E-state index in [4.69, 9.17) is 21.1 Å². The first-order valence-corrected chi connectivity index (χ1v) is 8.33. The van der Waals surface area contributed by atoms with Gasteiger partial charge in [0.15, 0.2) is 11.9 Å². The number of hydrogen-bond acceptors (Lipinski definition) is 7. The Bertz CT molecular complexity index is 594. The number of hydrogen-bond donors (Lipinski definition) is 0. The van der Waals surface area contributed by atoms with Gasteiger partial charge in [0.05, 0.1) is 35.1 Å². The van der Waals surface area contributed by atoms with Crippen LogP contribution in [-0.2, 0) is 14.3 Å². The highest BCUT2D eigenvalue weighted by Gasteiger charge is 2.38. The third-order valence-corrected chi connectivity index (χ3v) is 4.73. The third kappa shape index (κ3) is 3.21. The Kier molecular flexibility index (Phi) is 4.85. The van der Waals surface area contributed by atoms with Gasteiger partial charge in [-0.3, -0.25) is 0 Å². The molecule has 0 saturated carbocycles. The lowest BCUT2D eigenvalue weighted by Gasteiger charge is -2.24. The zero-order chi connectivity index (χ0) is 15.5. The second-order valence-electron chi connectivity index (χ2n) is 4.90. The largest absolute Gasteiger partial charge is 0.464 e. The predicted octanol–water partition coefficient (Wildman–Crippen LogP) is 2.32. The van der Waals surface area contributed by atoms with Gasteiger partial charge in [0.25, 0.3) is 0 Å². The Balaban J connectivity index is 1.83. The molecule has 3 rings (SSSR count). The quantitative estimate of drug-likeness (QED) is 0.783. The summed E-state index contributed by atoms with van der Waals surface area (Å²) in [5, 5.41) is 7.85. The number of pyridine rings is 1. The number of aromatic nitrogens is 1. The summed E-state index contributed by atoms with van der Waals surface area (Å²) in [6.07, 6.45) is 2.14. The molecule has 0 aromatic carbocycles. The Hall–Kier alpha value is -1.31. The molecule has 0 amide bonds. The van der Waals surface area contributed by atoms with Crippen molar-refractivity contribution < 1.29 is 14.3 Å². The van der Waals surface area contributed by atoms with Crippen molar-refractivity contribution in [2.24, 2.45) is 5.10 Å². The molecule has 22 heavy (non-hydrogen) atoms. The number of hydrazone groups is 1. The van der Waals surface area contributed by atoms with Crippen molar-refractivity contribution in [1.82, 2.24) is 4.98 Å². The van der Waals surface area contributed by atoms with Crippen LogP contribution in [0.5, 0.6) is 0 Å². The lowest BCUT2D eigenvalue weighted by Crippen LogP contribution is -2.36. The van der Waals surface area contributed by atoms with E-state index in [2.05, 4.69) is 10.1 Å². The van der Waals surface area contributed by atoms with Gasteiger partial charge in [-0.25, -0.2) is 14.8 Å². The smallest absolute Gasteiger partial charge is 0.331 e. The molecular weight excluding hydrogens is 326 g/mol. The third-order valence-electron chi connectivity index (χ3n) is 3.31. The number of nitrogens with zero attached hydrogens (tertiary/aromatic N) is 3. The summed E-state index contributed by atoms with van der Waals surface area (Å²) in [6.45, 7) is 3.56. The normalized spacial score (nSPS) is 21.5. The molecule has 6 nitrogen and oxygen atoms in total. The lowest BCUT2D eigenvalue weighted by molar-refractivity contribution is -0.144. The van der Waals surface area contributed by atoms with Crippen molar-refractivity contribution in [2.75, 3.05) is 24.8 Å². The molecule has 1 unspecified atom stereocenters. The molecule has 8 heteroatoms. The Morgan fingerprint density at radius 3 is 3.05 bits per heavy atom. The maximum absolute atomic E-state index is 12.2. The molecule has 0 aliphatic carbocycles. The topological polar surface area (TPSA) is 64.0 Å². The lowest BCUT2D eigenvalue weighted by atomic mass is 10.2. The van der Waals surface area contributed by atoms with Gasteiger partial charge in [-0.15, -0.1) is 11.8 Å². The van der Waals surface area contributed by atoms with Gasteiger partial charge in [-0.2, -0.15) is 5.10 Å². The van der Waals surface area contributed by atoms with Gasteiger partial charge in [0.2, 0.25) is 0 Å². The second kappa shape index (κ2) is 6.85. The molecule has 1 saturated heterocycles.